The number of halogens is 1. The highest BCUT2D eigenvalue weighted by atomic mass is 35.5. The molecule has 152 valence electrons. The molecule has 0 atom stereocenters. The van der Waals surface area contributed by atoms with Crippen molar-refractivity contribution >= 4 is 40.8 Å². The fraction of sp³-hybridized carbons (Fsp3) is 0.167. The molecule has 3 aromatic rings. The molecule has 4 rings (SSSR count). The van der Waals surface area contributed by atoms with Crippen molar-refractivity contribution < 1.29 is 9.59 Å². The van der Waals surface area contributed by atoms with Gasteiger partial charge in [-0.3, -0.25) is 9.59 Å². The Labute approximate surface area is 184 Å². The Bertz CT molecular complexity index is 1100. The molecule has 2 amide bonds. The van der Waals surface area contributed by atoms with E-state index in [1.807, 2.05) is 59.5 Å². The van der Waals surface area contributed by atoms with Crippen molar-refractivity contribution in [2.45, 2.75) is 25.4 Å². The lowest BCUT2D eigenvalue weighted by Gasteiger charge is -2.21. The van der Waals surface area contributed by atoms with E-state index >= 15 is 0 Å². The second-order valence-electron chi connectivity index (χ2n) is 7.27. The van der Waals surface area contributed by atoms with E-state index in [2.05, 4.69) is 0 Å². The maximum absolute atomic E-state index is 12.9. The third-order valence-corrected chi connectivity index (χ3v) is 6.43. The van der Waals surface area contributed by atoms with Crippen LogP contribution in [0.15, 0.2) is 66.7 Å². The number of primary amides is 1. The number of hydrogen-bond donors (Lipinski definition) is 1. The fourth-order valence-electron chi connectivity index (χ4n) is 3.24. The Morgan fingerprint density at radius 2 is 1.80 bits per heavy atom. The lowest BCUT2D eigenvalue weighted by atomic mass is 10.1. The minimum absolute atomic E-state index is 0.0100. The van der Waals surface area contributed by atoms with Crippen molar-refractivity contribution in [1.29, 1.82) is 0 Å². The molecule has 1 aliphatic carbocycles. The van der Waals surface area contributed by atoms with Crippen molar-refractivity contribution in [3.05, 3.63) is 87.8 Å². The normalized spacial score (nSPS) is 13.5. The van der Waals surface area contributed by atoms with Crippen molar-refractivity contribution in [3.63, 3.8) is 0 Å². The molecule has 6 heteroatoms. The van der Waals surface area contributed by atoms with E-state index in [9.17, 15) is 9.59 Å². The monoisotopic (exact) mass is 436 g/mol. The number of hydrogen-bond acceptors (Lipinski definition) is 3. The van der Waals surface area contributed by atoms with Crippen LogP contribution in [0, 0.1) is 0 Å². The minimum Gasteiger partial charge on any atom is -0.366 e. The van der Waals surface area contributed by atoms with E-state index in [4.69, 9.17) is 17.3 Å². The molecule has 1 aliphatic rings. The van der Waals surface area contributed by atoms with Crippen LogP contribution >= 0.6 is 22.9 Å². The molecular formula is C24H21ClN2O2S. The fourth-order valence-corrected chi connectivity index (χ4v) is 4.49. The summed E-state index contributed by atoms with van der Waals surface area (Å²) in [6.07, 6.45) is 5.54. The van der Waals surface area contributed by atoms with Gasteiger partial charge in [-0.05, 0) is 54.8 Å². The maximum atomic E-state index is 12.9. The third kappa shape index (κ3) is 4.81. The first-order valence-corrected chi connectivity index (χ1v) is 10.9. The predicted octanol–water partition coefficient (Wildman–Crippen LogP) is 5.37. The van der Waals surface area contributed by atoms with Gasteiger partial charge in [-0.2, -0.15) is 0 Å². The van der Waals surface area contributed by atoms with Crippen LogP contribution in [-0.2, 0) is 11.3 Å². The average Bonchev–Trinajstić information content (AvgIpc) is 3.48. The summed E-state index contributed by atoms with van der Waals surface area (Å²) in [5, 5.41) is 0.716. The van der Waals surface area contributed by atoms with E-state index in [0.717, 1.165) is 33.7 Å². The van der Waals surface area contributed by atoms with E-state index < -0.39 is 5.91 Å². The van der Waals surface area contributed by atoms with Gasteiger partial charge in [0.15, 0.2) is 0 Å². The summed E-state index contributed by atoms with van der Waals surface area (Å²) in [4.78, 5) is 28.0. The number of carbonyl (C=O) groups excluding carboxylic acids is 2. The number of benzene rings is 2. The number of rotatable bonds is 7. The molecule has 2 aromatic carbocycles. The van der Waals surface area contributed by atoms with Gasteiger partial charge in [-0.1, -0.05) is 41.9 Å². The zero-order valence-electron chi connectivity index (χ0n) is 16.3. The summed E-state index contributed by atoms with van der Waals surface area (Å²) in [5.74, 6) is -0.462. The van der Waals surface area contributed by atoms with Gasteiger partial charge in [0, 0.05) is 44.6 Å². The quantitative estimate of drug-likeness (QED) is 0.506. The number of thiophene rings is 1. The Hall–Kier alpha value is -2.89. The highest BCUT2D eigenvalue weighted by Gasteiger charge is 2.31. The van der Waals surface area contributed by atoms with E-state index in [0.29, 0.717) is 17.1 Å². The van der Waals surface area contributed by atoms with Gasteiger partial charge in [0.2, 0.25) is 11.8 Å². The molecule has 1 heterocycles. The molecule has 0 unspecified atom stereocenters. The topological polar surface area (TPSA) is 63.4 Å². The van der Waals surface area contributed by atoms with Crippen LogP contribution < -0.4 is 5.73 Å². The summed E-state index contributed by atoms with van der Waals surface area (Å²) in [6, 6.07) is 19.1. The Balaban J connectivity index is 1.45. The number of amides is 2. The number of nitrogens with zero attached hydrogens (tertiary/aromatic N) is 1. The molecule has 0 radical (unpaired) electrons. The van der Waals surface area contributed by atoms with E-state index in [1.165, 1.54) is 0 Å². The molecule has 1 aromatic heterocycles. The predicted molar refractivity (Wildman–Crippen MR) is 122 cm³/mol. The highest BCUT2D eigenvalue weighted by molar-refractivity contribution is 7.16. The largest absolute Gasteiger partial charge is 0.366 e. The van der Waals surface area contributed by atoms with Crippen LogP contribution in [0.1, 0.15) is 33.6 Å². The van der Waals surface area contributed by atoms with Crippen LogP contribution in [0.2, 0.25) is 5.02 Å². The SMILES string of the molecule is NC(=O)c1ccc(CN(C(=O)C=Cc2ccc(-c3ccccc3Cl)s2)C2CC2)cc1. The number of carbonyl (C=O) groups is 2. The molecule has 4 nitrogen and oxygen atoms in total. The van der Waals surface area contributed by atoms with Crippen LogP contribution in [0.5, 0.6) is 0 Å². The first-order chi connectivity index (χ1) is 14.5. The molecular weight excluding hydrogens is 416 g/mol. The molecule has 2 N–H and O–H groups in total. The number of nitrogens with two attached hydrogens (primary N) is 1. The first kappa shape index (κ1) is 20.4. The van der Waals surface area contributed by atoms with Gasteiger partial charge in [-0.15, -0.1) is 11.3 Å². The Morgan fingerprint density at radius 3 is 2.47 bits per heavy atom. The van der Waals surface area contributed by atoms with Crippen molar-refractivity contribution in [2.75, 3.05) is 0 Å². The van der Waals surface area contributed by atoms with Gasteiger partial charge < -0.3 is 10.6 Å². The third-order valence-electron chi connectivity index (χ3n) is 5.02. The average molecular weight is 437 g/mol. The second-order valence-corrected chi connectivity index (χ2v) is 8.80. The van der Waals surface area contributed by atoms with Crippen LogP contribution in [-0.4, -0.2) is 22.8 Å². The summed E-state index contributed by atoms with van der Waals surface area (Å²) in [7, 11) is 0. The molecule has 0 saturated heterocycles. The lowest BCUT2D eigenvalue weighted by molar-refractivity contribution is -0.127. The Kier molecular flexibility index (Phi) is 6.02. The molecule has 0 spiro atoms. The molecule has 0 bridgehead atoms. The second kappa shape index (κ2) is 8.86. The van der Waals surface area contributed by atoms with Crippen molar-refractivity contribution in [2.24, 2.45) is 5.73 Å². The van der Waals surface area contributed by atoms with E-state index in [-0.39, 0.29) is 11.9 Å². The molecule has 0 aliphatic heterocycles. The van der Waals surface area contributed by atoms with Crippen LogP contribution in [0.4, 0.5) is 0 Å². The van der Waals surface area contributed by atoms with Gasteiger partial charge in [0.25, 0.3) is 0 Å². The first-order valence-electron chi connectivity index (χ1n) is 9.73. The summed E-state index contributed by atoms with van der Waals surface area (Å²) < 4.78 is 0. The molecule has 1 fully saturated rings. The van der Waals surface area contributed by atoms with Gasteiger partial charge in [-0.25, -0.2) is 0 Å². The summed E-state index contributed by atoms with van der Waals surface area (Å²) in [5.41, 5.74) is 7.73. The van der Waals surface area contributed by atoms with Gasteiger partial charge >= 0.3 is 0 Å². The van der Waals surface area contributed by atoms with Gasteiger partial charge in [0.1, 0.15) is 0 Å². The zero-order valence-corrected chi connectivity index (χ0v) is 17.8. The highest BCUT2D eigenvalue weighted by Crippen LogP contribution is 2.34. The van der Waals surface area contributed by atoms with Crippen molar-refractivity contribution in [1.82, 2.24) is 4.90 Å². The minimum atomic E-state index is -0.452. The standard InChI is InChI=1S/C24H21ClN2O2S/c25-21-4-2-1-3-20(21)22-13-11-19(30-22)12-14-23(28)27(18-9-10-18)15-16-5-7-17(8-6-16)24(26)29/h1-8,11-14,18H,9-10,15H2,(H2,26,29). The van der Waals surface area contributed by atoms with Gasteiger partial charge in [0.05, 0.1) is 0 Å². The lowest BCUT2D eigenvalue weighted by Crippen LogP contribution is -2.31. The Morgan fingerprint density at radius 1 is 1.07 bits per heavy atom. The van der Waals surface area contributed by atoms with E-state index in [1.54, 1.807) is 29.5 Å². The summed E-state index contributed by atoms with van der Waals surface area (Å²) >= 11 is 7.89. The maximum Gasteiger partial charge on any atom is 0.248 e. The smallest absolute Gasteiger partial charge is 0.248 e. The van der Waals surface area contributed by atoms with Crippen LogP contribution in [0.3, 0.4) is 0 Å². The summed E-state index contributed by atoms with van der Waals surface area (Å²) in [6.45, 7) is 0.516. The van der Waals surface area contributed by atoms with Crippen molar-refractivity contribution in [3.8, 4) is 10.4 Å². The molecule has 1 saturated carbocycles. The zero-order chi connectivity index (χ0) is 21.1. The van der Waals surface area contributed by atoms with Crippen LogP contribution in [0.25, 0.3) is 16.5 Å². The molecule has 30 heavy (non-hydrogen) atoms.